The topological polar surface area (TPSA) is 32.3 Å². The molecule has 3 nitrogen and oxygen atoms in total. The molecule has 92 valence electrons. The van der Waals surface area contributed by atoms with Crippen LogP contribution in [0.5, 0.6) is 0 Å². The van der Waals surface area contributed by atoms with Gasteiger partial charge in [-0.15, -0.1) is 0 Å². The Hall–Kier alpha value is -0.220. The number of carbonyl (C=O) groups excluding carboxylic acids is 1. The smallest absolute Gasteiger partial charge is 0.224 e. The van der Waals surface area contributed by atoms with Crippen LogP contribution in [0.3, 0.4) is 0 Å². The van der Waals surface area contributed by atoms with Crippen LogP contribution in [0, 0.1) is 0 Å². The largest absolute Gasteiger partial charge is 0.339 e. The molecular formula is C12H22N2OS. The Morgan fingerprint density at radius 3 is 2.81 bits per heavy atom. The lowest BCUT2D eigenvalue weighted by molar-refractivity contribution is -0.129. The van der Waals surface area contributed by atoms with E-state index in [-0.39, 0.29) is 0 Å². The molecule has 0 saturated carbocycles. The van der Waals surface area contributed by atoms with E-state index in [1.165, 1.54) is 24.3 Å². The van der Waals surface area contributed by atoms with Gasteiger partial charge < -0.3 is 10.2 Å². The minimum Gasteiger partial charge on any atom is -0.339 e. The molecule has 0 radical (unpaired) electrons. The minimum atomic E-state index is 0.316. The minimum absolute atomic E-state index is 0.316. The fourth-order valence-electron chi connectivity index (χ4n) is 2.55. The summed E-state index contributed by atoms with van der Waals surface area (Å²) in [5.41, 5.74) is 0. The first kappa shape index (κ1) is 12.2. The van der Waals surface area contributed by atoms with Crippen molar-refractivity contribution in [2.24, 2.45) is 0 Å². The third-order valence-electron chi connectivity index (χ3n) is 3.41. The van der Waals surface area contributed by atoms with Gasteiger partial charge in [0.05, 0.1) is 0 Å². The van der Waals surface area contributed by atoms with Crippen LogP contribution in [-0.4, -0.2) is 47.0 Å². The normalized spacial score (nSPS) is 31.4. The molecule has 0 aromatic carbocycles. The maximum atomic E-state index is 11.7. The summed E-state index contributed by atoms with van der Waals surface area (Å²) >= 11 is 2.03. The Bertz CT molecular complexity index is 251. The van der Waals surface area contributed by atoms with Crippen LogP contribution in [-0.2, 0) is 4.79 Å². The second-order valence-electron chi connectivity index (χ2n) is 5.12. The number of amides is 1. The van der Waals surface area contributed by atoms with Crippen LogP contribution in [0.15, 0.2) is 0 Å². The van der Waals surface area contributed by atoms with Crippen LogP contribution >= 0.6 is 11.8 Å². The van der Waals surface area contributed by atoms with Gasteiger partial charge in [0.25, 0.3) is 0 Å². The predicted octanol–water partition coefficient (Wildman–Crippen LogP) is 1.48. The van der Waals surface area contributed by atoms with E-state index in [2.05, 4.69) is 19.2 Å². The molecule has 2 aliphatic heterocycles. The summed E-state index contributed by atoms with van der Waals surface area (Å²) in [5, 5.41) is 3.65. The summed E-state index contributed by atoms with van der Waals surface area (Å²) in [4.78, 5) is 13.7. The number of rotatable bonds is 3. The summed E-state index contributed by atoms with van der Waals surface area (Å²) in [6, 6.07) is 1.36. The molecule has 2 fully saturated rings. The zero-order chi connectivity index (χ0) is 11.5. The van der Waals surface area contributed by atoms with Gasteiger partial charge in [0.2, 0.25) is 5.91 Å². The Balaban J connectivity index is 1.81. The molecule has 4 heteroatoms. The zero-order valence-electron chi connectivity index (χ0n) is 10.2. The first-order valence-corrected chi connectivity index (χ1v) is 7.45. The first-order chi connectivity index (χ1) is 7.66. The quantitative estimate of drug-likeness (QED) is 0.813. The molecular weight excluding hydrogens is 220 g/mol. The van der Waals surface area contributed by atoms with E-state index in [1.54, 1.807) is 0 Å². The number of hydrogen-bond donors (Lipinski definition) is 1. The van der Waals surface area contributed by atoms with Crippen molar-refractivity contribution in [2.75, 3.05) is 18.1 Å². The van der Waals surface area contributed by atoms with E-state index in [0.717, 1.165) is 6.54 Å². The van der Waals surface area contributed by atoms with E-state index >= 15 is 0 Å². The van der Waals surface area contributed by atoms with Crippen LogP contribution in [0.4, 0.5) is 0 Å². The van der Waals surface area contributed by atoms with Gasteiger partial charge in [-0.3, -0.25) is 4.79 Å². The highest BCUT2D eigenvalue weighted by atomic mass is 32.2. The van der Waals surface area contributed by atoms with Gasteiger partial charge in [-0.2, -0.15) is 11.8 Å². The molecule has 2 heterocycles. The summed E-state index contributed by atoms with van der Waals surface area (Å²) in [6.45, 7) is 5.09. The Kier molecular flexibility index (Phi) is 4.14. The van der Waals surface area contributed by atoms with Crippen molar-refractivity contribution in [2.45, 2.75) is 51.2 Å². The molecule has 2 unspecified atom stereocenters. The molecule has 16 heavy (non-hydrogen) atoms. The van der Waals surface area contributed by atoms with Crippen molar-refractivity contribution in [3.05, 3.63) is 0 Å². The number of thioether (sulfide) groups is 1. The summed E-state index contributed by atoms with van der Waals surface area (Å²) < 4.78 is 0. The Morgan fingerprint density at radius 2 is 2.25 bits per heavy atom. The van der Waals surface area contributed by atoms with Crippen molar-refractivity contribution >= 4 is 17.7 Å². The summed E-state index contributed by atoms with van der Waals surface area (Å²) in [6.07, 6.45) is 3.29. The van der Waals surface area contributed by atoms with Gasteiger partial charge in [-0.1, -0.05) is 0 Å². The molecule has 1 N–H and O–H groups in total. The lowest BCUT2D eigenvalue weighted by atomic mass is 10.1. The maximum absolute atomic E-state index is 11.7. The van der Waals surface area contributed by atoms with Crippen molar-refractivity contribution < 1.29 is 4.79 Å². The average Bonchev–Trinajstić information content (AvgIpc) is 2.61. The number of carbonyl (C=O) groups is 1. The fraction of sp³-hybridized carbons (Fsp3) is 0.917. The first-order valence-electron chi connectivity index (χ1n) is 6.30. The van der Waals surface area contributed by atoms with Gasteiger partial charge in [0.1, 0.15) is 0 Å². The van der Waals surface area contributed by atoms with Gasteiger partial charge in [-0.05, 0) is 32.4 Å². The maximum Gasteiger partial charge on any atom is 0.224 e. The average molecular weight is 242 g/mol. The number of nitrogens with zero attached hydrogens (tertiary/aromatic N) is 1. The molecule has 2 rings (SSSR count). The molecule has 2 saturated heterocycles. The lowest BCUT2D eigenvalue weighted by Gasteiger charge is -2.26. The third-order valence-corrected chi connectivity index (χ3v) is 4.63. The van der Waals surface area contributed by atoms with E-state index < -0.39 is 0 Å². The van der Waals surface area contributed by atoms with Crippen molar-refractivity contribution in [3.8, 4) is 0 Å². The Labute approximate surface area is 102 Å². The molecule has 2 atom stereocenters. The van der Waals surface area contributed by atoms with Crippen molar-refractivity contribution in [1.29, 1.82) is 0 Å². The third kappa shape index (κ3) is 2.92. The molecule has 0 aromatic rings. The van der Waals surface area contributed by atoms with Crippen molar-refractivity contribution in [3.63, 3.8) is 0 Å². The van der Waals surface area contributed by atoms with Gasteiger partial charge in [0.15, 0.2) is 0 Å². The predicted molar refractivity (Wildman–Crippen MR) is 68.7 cm³/mol. The molecule has 0 aromatic heterocycles. The molecule has 0 bridgehead atoms. The monoisotopic (exact) mass is 242 g/mol. The van der Waals surface area contributed by atoms with E-state index in [1.807, 2.05) is 16.7 Å². The number of likely N-dealkylation sites (tertiary alicyclic amines) is 1. The highest BCUT2D eigenvalue weighted by molar-refractivity contribution is 7.99. The van der Waals surface area contributed by atoms with E-state index in [4.69, 9.17) is 0 Å². The molecule has 2 aliphatic rings. The summed E-state index contributed by atoms with van der Waals surface area (Å²) in [7, 11) is 0. The Morgan fingerprint density at radius 1 is 1.44 bits per heavy atom. The van der Waals surface area contributed by atoms with Crippen molar-refractivity contribution in [1.82, 2.24) is 10.2 Å². The van der Waals surface area contributed by atoms with Crippen LogP contribution in [0.25, 0.3) is 0 Å². The van der Waals surface area contributed by atoms with Gasteiger partial charge >= 0.3 is 0 Å². The number of hydrogen-bond acceptors (Lipinski definition) is 3. The zero-order valence-corrected chi connectivity index (χ0v) is 11.1. The van der Waals surface area contributed by atoms with E-state index in [0.29, 0.717) is 30.5 Å². The van der Waals surface area contributed by atoms with Gasteiger partial charge in [0, 0.05) is 36.8 Å². The number of nitrogens with one attached hydrogen (secondary N) is 1. The standard InChI is InChI=1S/C12H22N2OS/c1-9(2)14-7-11(6-12(14)15)13-10-4-3-5-16-8-10/h9-11,13H,3-8H2,1-2H3. The molecule has 0 aliphatic carbocycles. The van der Waals surface area contributed by atoms with E-state index in [9.17, 15) is 4.79 Å². The fourth-order valence-corrected chi connectivity index (χ4v) is 3.63. The highest BCUT2D eigenvalue weighted by Crippen LogP contribution is 2.20. The van der Waals surface area contributed by atoms with Crippen LogP contribution in [0.2, 0.25) is 0 Å². The molecule has 1 amide bonds. The SMILES string of the molecule is CC(C)N1CC(NC2CCCSC2)CC1=O. The highest BCUT2D eigenvalue weighted by Gasteiger charge is 2.32. The molecule has 0 spiro atoms. The van der Waals surface area contributed by atoms with Crippen LogP contribution < -0.4 is 5.32 Å². The summed E-state index contributed by atoms with van der Waals surface area (Å²) in [5.74, 6) is 2.84. The second kappa shape index (κ2) is 5.41. The lowest BCUT2D eigenvalue weighted by Crippen LogP contribution is -2.43. The van der Waals surface area contributed by atoms with Crippen LogP contribution in [0.1, 0.15) is 33.1 Å². The van der Waals surface area contributed by atoms with Gasteiger partial charge in [-0.25, -0.2) is 0 Å². The second-order valence-corrected chi connectivity index (χ2v) is 6.27.